The number of carbonyl (C=O) groups is 2. The first-order chi connectivity index (χ1) is 34.4. The monoisotopic (exact) mass is 1010 g/mol. The molecule has 0 saturated heterocycles. The third kappa shape index (κ3) is 12.8. The SMILES string of the molecule is COc1c2c3c4c(c(NCCCC(=O)NCCC(C)(C)OCCC(C)(C)OC)c(O)c5c(=O)cc(OC)c(c6c(OC)cc(NCCCC(=O)NCCC(C)(C)OCCC(C)(C)OC)c(c1=O)c63)c54)C=C(C)C2. The van der Waals surface area contributed by atoms with Crippen LogP contribution in [0.1, 0.15) is 125 Å². The predicted molar refractivity (Wildman–Crippen MR) is 292 cm³/mol. The van der Waals surface area contributed by atoms with Crippen molar-refractivity contribution in [1.82, 2.24) is 10.6 Å². The Hall–Kier alpha value is -5.68. The summed E-state index contributed by atoms with van der Waals surface area (Å²) in [6.07, 6.45) is 6.42. The molecule has 0 fully saturated rings. The number of carbonyl (C=O) groups excluding carboxylic acids is 2. The maximum Gasteiger partial charge on any atom is 0.230 e. The maximum atomic E-state index is 14.9. The summed E-state index contributed by atoms with van der Waals surface area (Å²) in [6, 6.07) is 3.12. The van der Waals surface area contributed by atoms with Gasteiger partial charge in [0.1, 0.15) is 11.5 Å². The first kappa shape index (κ1) is 56.6. The molecule has 2 amide bonds. The lowest BCUT2D eigenvalue weighted by Gasteiger charge is -2.29. The topological polar surface area (TPSA) is 201 Å². The van der Waals surface area contributed by atoms with Gasteiger partial charge in [0.2, 0.25) is 17.2 Å². The third-order valence-corrected chi connectivity index (χ3v) is 14.4. The van der Waals surface area contributed by atoms with Gasteiger partial charge in [-0.15, -0.1) is 0 Å². The Kier molecular flexibility index (Phi) is 18.0. The second-order valence-corrected chi connectivity index (χ2v) is 21.8. The minimum absolute atomic E-state index is 0.0815. The molecule has 0 heterocycles. The van der Waals surface area contributed by atoms with Gasteiger partial charge in [-0.1, -0.05) is 11.6 Å². The fraction of sp³-hybridized carbons (Fsp3) is 0.579. The Labute approximate surface area is 429 Å². The zero-order valence-electron chi connectivity index (χ0n) is 45.8. The number of hydrogen-bond donors (Lipinski definition) is 5. The van der Waals surface area contributed by atoms with Gasteiger partial charge in [-0.05, 0) is 113 Å². The summed E-state index contributed by atoms with van der Waals surface area (Å²) < 4.78 is 41.3. The number of benzene rings is 5. The average molecular weight is 1010 g/mol. The number of hydrogen-bond acceptors (Lipinski definition) is 14. The maximum absolute atomic E-state index is 14.9. The van der Waals surface area contributed by atoms with E-state index < -0.39 is 16.6 Å². The molecule has 73 heavy (non-hydrogen) atoms. The van der Waals surface area contributed by atoms with Crippen LogP contribution in [0.4, 0.5) is 11.4 Å². The molecular weight excluding hydrogens is 933 g/mol. The Bertz CT molecular complexity index is 2940. The van der Waals surface area contributed by atoms with Crippen LogP contribution in [0.2, 0.25) is 0 Å². The number of amides is 2. The van der Waals surface area contributed by atoms with Crippen molar-refractivity contribution in [3.8, 4) is 23.0 Å². The van der Waals surface area contributed by atoms with E-state index in [0.717, 1.165) is 18.4 Å². The van der Waals surface area contributed by atoms with Gasteiger partial charge in [0.15, 0.2) is 16.9 Å². The number of fused-ring (bicyclic) bond motifs is 1. The summed E-state index contributed by atoms with van der Waals surface area (Å²) in [7, 11) is 7.88. The second-order valence-electron chi connectivity index (χ2n) is 21.8. The van der Waals surface area contributed by atoms with Crippen LogP contribution < -0.4 is 46.3 Å². The van der Waals surface area contributed by atoms with Crippen LogP contribution in [-0.4, -0.2) is 114 Å². The molecule has 400 valence electrons. The molecule has 1 aliphatic rings. The number of phenols is 1. The van der Waals surface area contributed by atoms with Crippen LogP contribution in [0.25, 0.3) is 49.2 Å². The summed E-state index contributed by atoms with van der Waals surface area (Å²) in [5.74, 6) is 0.393. The van der Waals surface area contributed by atoms with Crippen molar-refractivity contribution in [2.75, 3.05) is 85.6 Å². The highest BCUT2D eigenvalue weighted by Gasteiger charge is 2.33. The van der Waals surface area contributed by atoms with Gasteiger partial charge in [0.05, 0.1) is 73.4 Å². The zero-order valence-corrected chi connectivity index (χ0v) is 45.8. The molecular formula is C57H80N4O12. The smallest absolute Gasteiger partial charge is 0.230 e. The molecule has 0 saturated carbocycles. The second kappa shape index (κ2) is 23.3. The molecule has 0 spiro atoms. The molecule has 5 aromatic carbocycles. The molecule has 0 unspecified atom stereocenters. The van der Waals surface area contributed by atoms with Crippen LogP contribution in [0.3, 0.4) is 0 Å². The van der Waals surface area contributed by atoms with Crippen LogP contribution >= 0.6 is 0 Å². The normalized spacial score (nSPS) is 13.3. The highest BCUT2D eigenvalue weighted by Crippen LogP contribution is 2.55. The Morgan fingerprint density at radius 2 is 1.10 bits per heavy atom. The van der Waals surface area contributed by atoms with Crippen LogP contribution in [0.15, 0.2) is 27.3 Å². The van der Waals surface area contributed by atoms with Crippen LogP contribution in [-0.2, 0) is 35.0 Å². The molecule has 1 aliphatic carbocycles. The van der Waals surface area contributed by atoms with E-state index in [0.29, 0.717) is 137 Å². The molecule has 5 aromatic rings. The Morgan fingerprint density at radius 1 is 0.589 bits per heavy atom. The van der Waals surface area contributed by atoms with Gasteiger partial charge in [-0.2, -0.15) is 0 Å². The highest BCUT2D eigenvalue weighted by atomic mass is 16.5. The largest absolute Gasteiger partial charge is 0.505 e. The van der Waals surface area contributed by atoms with Crippen molar-refractivity contribution >= 4 is 72.4 Å². The third-order valence-electron chi connectivity index (χ3n) is 14.4. The van der Waals surface area contributed by atoms with Gasteiger partial charge in [0.25, 0.3) is 0 Å². The van der Waals surface area contributed by atoms with E-state index in [4.69, 9.17) is 33.2 Å². The van der Waals surface area contributed by atoms with E-state index in [1.807, 2.05) is 68.4 Å². The predicted octanol–water partition coefficient (Wildman–Crippen LogP) is 9.20. The van der Waals surface area contributed by atoms with Crippen molar-refractivity contribution in [3.05, 3.63) is 49.3 Å². The van der Waals surface area contributed by atoms with Crippen molar-refractivity contribution < 1.29 is 47.9 Å². The lowest BCUT2D eigenvalue weighted by atomic mass is 9.83. The minimum Gasteiger partial charge on any atom is -0.505 e. The lowest BCUT2D eigenvalue weighted by Crippen LogP contribution is -2.34. The van der Waals surface area contributed by atoms with Crippen LogP contribution in [0, 0.1) is 0 Å². The first-order valence-electron chi connectivity index (χ1n) is 25.6. The number of rotatable bonds is 29. The van der Waals surface area contributed by atoms with Gasteiger partial charge < -0.3 is 59.5 Å². The molecule has 16 nitrogen and oxygen atoms in total. The van der Waals surface area contributed by atoms with E-state index in [9.17, 15) is 24.3 Å². The van der Waals surface area contributed by atoms with Crippen molar-refractivity contribution in [2.45, 2.75) is 143 Å². The van der Waals surface area contributed by atoms with Gasteiger partial charge >= 0.3 is 0 Å². The van der Waals surface area contributed by atoms with E-state index >= 15 is 0 Å². The van der Waals surface area contributed by atoms with Crippen molar-refractivity contribution in [2.24, 2.45) is 0 Å². The van der Waals surface area contributed by atoms with Gasteiger partial charge in [-0.25, -0.2) is 0 Å². The number of nitrogens with one attached hydrogen (secondary N) is 4. The van der Waals surface area contributed by atoms with E-state index in [2.05, 4.69) is 21.3 Å². The highest BCUT2D eigenvalue weighted by molar-refractivity contribution is 6.40. The number of allylic oxidation sites excluding steroid dienone is 1. The fourth-order valence-electron chi connectivity index (χ4n) is 9.68. The summed E-state index contributed by atoms with van der Waals surface area (Å²) in [4.78, 5) is 55.3. The Balaban J connectivity index is 1.29. The number of ether oxygens (including phenoxy) is 7. The molecule has 0 bridgehead atoms. The molecule has 16 heteroatoms. The van der Waals surface area contributed by atoms with E-state index in [-0.39, 0.29) is 63.9 Å². The molecule has 0 aromatic heterocycles. The van der Waals surface area contributed by atoms with Gasteiger partial charge in [0, 0.05) is 109 Å². The van der Waals surface area contributed by atoms with E-state index in [1.54, 1.807) is 27.4 Å². The summed E-state index contributed by atoms with van der Waals surface area (Å²) >= 11 is 0. The molecule has 6 rings (SSSR count). The van der Waals surface area contributed by atoms with Crippen molar-refractivity contribution in [3.63, 3.8) is 0 Å². The summed E-state index contributed by atoms with van der Waals surface area (Å²) in [6.45, 7) is 20.7. The summed E-state index contributed by atoms with van der Waals surface area (Å²) in [5.41, 5.74) is 0.756. The van der Waals surface area contributed by atoms with E-state index in [1.165, 1.54) is 20.3 Å². The molecule has 0 radical (unpaired) electrons. The number of methoxy groups -OCH3 is 5. The Morgan fingerprint density at radius 3 is 1.60 bits per heavy atom. The quantitative estimate of drug-likeness (QED) is 0.0131. The van der Waals surface area contributed by atoms with Crippen LogP contribution in [0.5, 0.6) is 23.0 Å². The number of phenolic OH excluding ortho intramolecular Hbond substituents is 1. The minimum atomic E-state index is -0.452. The average Bonchev–Trinajstić information content (AvgIpc) is 3.47. The lowest BCUT2D eigenvalue weighted by molar-refractivity contribution is -0.122. The summed E-state index contributed by atoms with van der Waals surface area (Å²) in [5, 5.41) is 29.0. The number of anilines is 2. The fourth-order valence-corrected chi connectivity index (χ4v) is 9.68. The van der Waals surface area contributed by atoms with Crippen molar-refractivity contribution in [1.29, 1.82) is 0 Å². The molecule has 5 N–H and O–H groups in total. The molecule has 0 atom stereocenters. The standard InChI is InChI=1S/C57H80N4O12/c1-33-29-34-42-43-35(30-33)53(69-12)52(66)44-36(58-23-15-17-40(63)59-25-19-56(6,7)72-27-21-54(2,3)70-13)31-38(67-10)46(48(43)44)47-39(68-11)32-37(62)45(49(42)47)51(65)50(34)61-24-16-18-41(64)60-26-20-57(8,9)73-28-22-55(4,5)71-14/h29,31-32,58,61,65H,15-28,30H2,1-14H3,(H,59,63)(H,60,64). The molecule has 0 aliphatic heterocycles. The van der Waals surface area contributed by atoms with Gasteiger partial charge in [-0.3, -0.25) is 19.2 Å². The zero-order chi connectivity index (χ0) is 53.6. The first-order valence-corrected chi connectivity index (χ1v) is 25.6. The number of aromatic hydroxyl groups is 1.